The van der Waals surface area contributed by atoms with Crippen molar-refractivity contribution in [2.24, 2.45) is 0 Å². The van der Waals surface area contributed by atoms with Gasteiger partial charge in [0.15, 0.2) is 6.10 Å². The first-order valence-corrected chi connectivity index (χ1v) is 8.71. The lowest BCUT2D eigenvalue weighted by Crippen LogP contribution is -2.48. The number of ether oxygens (including phenoxy) is 2. The molecule has 3 aromatic rings. The fraction of sp³-hybridized carbons (Fsp3) is 0.143. The first-order chi connectivity index (χ1) is 13.5. The lowest BCUT2D eigenvalue weighted by Gasteiger charge is -2.16. The van der Waals surface area contributed by atoms with E-state index in [1.807, 2.05) is 36.4 Å². The molecule has 0 aliphatic rings. The highest BCUT2D eigenvalue weighted by Crippen LogP contribution is 2.21. The van der Waals surface area contributed by atoms with E-state index in [9.17, 15) is 9.59 Å². The van der Waals surface area contributed by atoms with E-state index >= 15 is 0 Å². The van der Waals surface area contributed by atoms with E-state index in [1.165, 1.54) is 7.11 Å². The molecule has 3 amide bonds. The van der Waals surface area contributed by atoms with Gasteiger partial charge in [0.25, 0.3) is 5.91 Å². The van der Waals surface area contributed by atoms with Gasteiger partial charge < -0.3 is 14.8 Å². The van der Waals surface area contributed by atoms with Crippen LogP contribution in [0.4, 0.5) is 10.5 Å². The molecule has 1 atom stereocenters. The van der Waals surface area contributed by atoms with Gasteiger partial charge >= 0.3 is 6.03 Å². The predicted molar refractivity (Wildman–Crippen MR) is 107 cm³/mol. The van der Waals surface area contributed by atoms with Gasteiger partial charge in [0.2, 0.25) is 0 Å². The number of hydrazine groups is 1. The van der Waals surface area contributed by atoms with Gasteiger partial charge in [-0.1, -0.05) is 36.4 Å². The van der Waals surface area contributed by atoms with E-state index in [0.717, 1.165) is 10.8 Å². The van der Waals surface area contributed by atoms with Crippen LogP contribution in [-0.2, 0) is 4.79 Å². The van der Waals surface area contributed by atoms with Crippen LogP contribution < -0.4 is 25.6 Å². The van der Waals surface area contributed by atoms with E-state index < -0.39 is 18.0 Å². The number of rotatable bonds is 5. The number of nitrogens with one attached hydrogen (secondary N) is 3. The Kier molecular flexibility index (Phi) is 5.96. The Hall–Kier alpha value is -3.74. The van der Waals surface area contributed by atoms with Gasteiger partial charge in [-0.15, -0.1) is 0 Å². The summed E-state index contributed by atoms with van der Waals surface area (Å²) in [5.41, 5.74) is 5.16. The number of anilines is 1. The maximum absolute atomic E-state index is 12.2. The normalized spacial score (nSPS) is 11.4. The van der Waals surface area contributed by atoms with Crippen molar-refractivity contribution in [2.45, 2.75) is 13.0 Å². The van der Waals surface area contributed by atoms with Gasteiger partial charge in [-0.25, -0.2) is 10.2 Å². The van der Waals surface area contributed by atoms with Crippen molar-refractivity contribution in [3.8, 4) is 11.5 Å². The molecule has 0 radical (unpaired) electrons. The lowest BCUT2D eigenvalue weighted by atomic mass is 10.1. The standard InChI is InChI=1S/C21H21N3O4/c1-14(28-19-11-10-15-6-3-4-7-16(15)12-19)20(25)23-24-21(26)22-17-8-5-9-18(13-17)27-2/h3-14H,1-2H3,(H,23,25)(H2,22,24,26)/t14-/m0/s1. The van der Waals surface area contributed by atoms with Gasteiger partial charge in [0, 0.05) is 11.8 Å². The number of hydrogen-bond donors (Lipinski definition) is 3. The zero-order valence-corrected chi connectivity index (χ0v) is 15.6. The van der Waals surface area contributed by atoms with Gasteiger partial charge in [0.05, 0.1) is 7.11 Å². The van der Waals surface area contributed by atoms with Gasteiger partial charge in [-0.3, -0.25) is 10.2 Å². The molecule has 3 rings (SSSR count). The molecular formula is C21H21N3O4. The molecule has 0 spiro atoms. The Morgan fingerprint density at radius 3 is 2.43 bits per heavy atom. The molecule has 144 valence electrons. The van der Waals surface area contributed by atoms with Crippen molar-refractivity contribution in [3.63, 3.8) is 0 Å². The Labute approximate surface area is 162 Å². The molecule has 0 aromatic heterocycles. The highest BCUT2D eigenvalue weighted by molar-refractivity contribution is 5.91. The first-order valence-electron chi connectivity index (χ1n) is 8.71. The highest BCUT2D eigenvalue weighted by Gasteiger charge is 2.15. The second-order valence-electron chi connectivity index (χ2n) is 6.07. The summed E-state index contributed by atoms with van der Waals surface area (Å²) in [6.07, 6.45) is -0.793. The molecule has 0 aliphatic heterocycles. The van der Waals surface area contributed by atoms with Crippen LogP contribution in [0.15, 0.2) is 66.7 Å². The van der Waals surface area contributed by atoms with Crippen LogP contribution in [0.5, 0.6) is 11.5 Å². The SMILES string of the molecule is COc1cccc(NC(=O)NNC(=O)[C@H](C)Oc2ccc3ccccc3c2)c1. The van der Waals surface area contributed by atoms with Crippen LogP contribution in [0.1, 0.15) is 6.92 Å². The van der Waals surface area contributed by atoms with E-state index in [0.29, 0.717) is 17.2 Å². The molecule has 0 bridgehead atoms. The maximum atomic E-state index is 12.2. The van der Waals surface area contributed by atoms with Gasteiger partial charge in [-0.2, -0.15) is 0 Å². The van der Waals surface area contributed by atoms with Crippen LogP contribution in [0.3, 0.4) is 0 Å². The van der Waals surface area contributed by atoms with Crippen molar-refractivity contribution in [1.82, 2.24) is 10.9 Å². The summed E-state index contributed by atoms with van der Waals surface area (Å²) in [6, 6.07) is 19.7. The number of urea groups is 1. The molecule has 7 nitrogen and oxygen atoms in total. The van der Waals surface area contributed by atoms with Crippen molar-refractivity contribution in [3.05, 3.63) is 66.7 Å². The minimum absolute atomic E-state index is 0.478. The Balaban J connectivity index is 1.51. The summed E-state index contributed by atoms with van der Waals surface area (Å²) in [5, 5.41) is 4.70. The quantitative estimate of drug-likeness (QED) is 0.592. The molecule has 3 aromatic carbocycles. The summed E-state index contributed by atoms with van der Waals surface area (Å²) >= 11 is 0. The minimum Gasteiger partial charge on any atom is -0.497 e. The molecule has 7 heteroatoms. The fourth-order valence-electron chi connectivity index (χ4n) is 2.58. The monoisotopic (exact) mass is 379 g/mol. The third-order valence-corrected chi connectivity index (χ3v) is 4.03. The minimum atomic E-state index is -0.793. The second kappa shape index (κ2) is 8.77. The molecular weight excluding hydrogens is 358 g/mol. The molecule has 28 heavy (non-hydrogen) atoms. The van der Waals surface area contributed by atoms with E-state index in [1.54, 1.807) is 37.3 Å². The van der Waals surface area contributed by atoms with Crippen molar-refractivity contribution in [1.29, 1.82) is 0 Å². The fourth-order valence-corrected chi connectivity index (χ4v) is 2.58. The zero-order valence-electron chi connectivity index (χ0n) is 15.6. The number of benzene rings is 3. The maximum Gasteiger partial charge on any atom is 0.337 e. The van der Waals surface area contributed by atoms with Crippen LogP contribution >= 0.6 is 0 Å². The molecule has 0 aliphatic carbocycles. The second-order valence-corrected chi connectivity index (χ2v) is 6.07. The molecule has 0 saturated carbocycles. The van der Waals surface area contributed by atoms with Gasteiger partial charge in [0.1, 0.15) is 11.5 Å². The van der Waals surface area contributed by atoms with Gasteiger partial charge in [-0.05, 0) is 42.0 Å². The van der Waals surface area contributed by atoms with Crippen LogP contribution in [-0.4, -0.2) is 25.2 Å². The summed E-state index contributed by atoms with van der Waals surface area (Å²) in [5.74, 6) is 0.704. The largest absolute Gasteiger partial charge is 0.497 e. The summed E-state index contributed by atoms with van der Waals surface area (Å²) < 4.78 is 10.8. The zero-order chi connectivity index (χ0) is 19.9. The van der Waals surface area contributed by atoms with Crippen LogP contribution in [0.25, 0.3) is 10.8 Å². The number of carbonyl (C=O) groups excluding carboxylic acids is 2. The Morgan fingerprint density at radius 1 is 0.857 bits per heavy atom. The summed E-state index contributed by atoms with van der Waals surface area (Å²) in [4.78, 5) is 24.1. The molecule has 0 fully saturated rings. The summed E-state index contributed by atoms with van der Waals surface area (Å²) in [6.45, 7) is 1.60. The average Bonchev–Trinajstić information content (AvgIpc) is 2.72. The topological polar surface area (TPSA) is 88.7 Å². The Bertz CT molecular complexity index is 990. The smallest absolute Gasteiger partial charge is 0.337 e. The van der Waals surface area contributed by atoms with Crippen LogP contribution in [0.2, 0.25) is 0 Å². The van der Waals surface area contributed by atoms with Crippen molar-refractivity contribution >= 4 is 28.4 Å². The van der Waals surface area contributed by atoms with E-state index in [-0.39, 0.29) is 0 Å². The number of hydrogen-bond acceptors (Lipinski definition) is 4. The molecule has 0 heterocycles. The summed E-state index contributed by atoms with van der Waals surface area (Å²) in [7, 11) is 1.54. The first kappa shape index (κ1) is 19.0. The van der Waals surface area contributed by atoms with Crippen molar-refractivity contribution < 1.29 is 19.1 Å². The number of fused-ring (bicyclic) bond motifs is 1. The van der Waals surface area contributed by atoms with E-state index in [4.69, 9.17) is 9.47 Å². The third kappa shape index (κ3) is 4.91. The average molecular weight is 379 g/mol. The number of carbonyl (C=O) groups is 2. The third-order valence-electron chi connectivity index (χ3n) is 4.03. The molecule has 0 unspecified atom stereocenters. The highest BCUT2D eigenvalue weighted by atomic mass is 16.5. The van der Waals surface area contributed by atoms with Crippen LogP contribution in [0, 0.1) is 0 Å². The van der Waals surface area contributed by atoms with Crippen molar-refractivity contribution in [2.75, 3.05) is 12.4 Å². The number of amides is 3. The molecule has 0 saturated heterocycles. The Morgan fingerprint density at radius 2 is 1.64 bits per heavy atom. The molecule has 3 N–H and O–H groups in total. The number of methoxy groups -OCH3 is 1. The lowest BCUT2D eigenvalue weighted by molar-refractivity contribution is -0.127. The van der Waals surface area contributed by atoms with E-state index in [2.05, 4.69) is 16.2 Å². The predicted octanol–water partition coefficient (Wildman–Crippen LogP) is 3.47.